The fraction of sp³-hybridized carbons (Fsp3) is 0.769. The van der Waals surface area contributed by atoms with Gasteiger partial charge in [-0.1, -0.05) is 6.92 Å². The van der Waals surface area contributed by atoms with E-state index in [2.05, 4.69) is 29.3 Å². The zero-order valence-corrected chi connectivity index (χ0v) is 11.0. The topological polar surface area (TPSA) is 33.1 Å². The highest BCUT2D eigenvalue weighted by Crippen LogP contribution is 2.29. The van der Waals surface area contributed by atoms with Crippen LogP contribution >= 0.6 is 0 Å². The van der Waals surface area contributed by atoms with Crippen LogP contribution in [0.1, 0.15) is 19.8 Å². The van der Waals surface area contributed by atoms with Gasteiger partial charge in [0.15, 0.2) is 0 Å². The molecule has 96 valence electrons. The lowest BCUT2D eigenvalue weighted by Crippen LogP contribution is -2.42. The molecule has 1 N–H and O–H groups in total. The minimum atomic E-state index is 0.483. The van der Waals surface area contributed by atoms with Gasteiger partial charge in [-0.15, -0.1) is 0 Å². The maximum atomic E-state index is 4.20. The summed E-state index contributed by atoms with van der Waals surface area (Å²) in [5, 5.41) is 7.77. The molecular weight excluding hydrogens is 212 g/mol. The quantitative estimate of drug-likeness (QED) is 0.780. The standard InChI is InChI=1S/C13H24N4/c1-13(4-9-16(2)10-5-13)12-14-7-11-17-8-3-6-15-17/h3,6,8,14H,4-5,7,9-12H2,1-2H3. The number of likely N-dealkylation sites (tertiary alicyclic amines) is 1. The maximum Gasteiger partial charge on any atom is 0.0533 e. The Labute approximate surface area is 104 Å². The Kier molecular flexibility index (Phi) is 4.18. The molecule has 1 fully saturated rings. The monoisotopic (exact) mass is 236 g/mol. The SMILES string of the molecule is CN1CCC(C)(CNCCn2cccn2)CC1. The van der Waals surface area contributed by atoms with E-state index in [9.17, 15) is 0 Å². The Morgan fingerprint density at radius 1 is 1.35 bits per heavy atom. The van der Waals surface area contributed by atoms with Crippen LogP contribution < -0.4 is 5.32 Å². The zero-order valence-electron chi connectivity index (χ0n) is 11.0. The van der Waals surface area contributed by atoms with Crippen molar-refractivity contribution in [3.05, 3.63) is 18.5 Å². The molecule has 4 heteroatoms. The zero-order chi connectivity index (χ0) is 12.1. The van der Waals surface area contributed by atoms with E-state index in [1.165, 1.54) is 25.9 Å². The van der Waals surface area contributed by atoms with Crippen LogP contribution in [0, 0.1) is 5.41 Å². The number of hydrogen-bond acceptors (Lipinski definition) is 3. The molecular formula is C13H24N4. The summed E-state index contributed by atoms with van der Waals surface area (Å²) in [4.78, 5) is 2.42. The first kappa shape index (κ1) is 12.6. The van der Waals surface area contributed by atoms with Crippen LogP contribution in [0.2, 0.25) is 0 Å². The molecule has 0 atom stereocenters. The van der Waals surface area contributed by atoms with Crippen molar-refractivity contribution >= 4 is 0 Å². The summed E-state index contributed by atoms with van der Waals surface area (Å²) >= 11 is 0. The maximum absolute atomic E-state index is 4.20. The van der Waals surface area contributed by atoms with Crippen molar-refractivity contribution < 1.29 is 0 Å². The molecule has 0 radical (unpaired) electrons. The summed E-state index contributed by atoms with van der Waals surface area (Å²) in [5.41, 5.74) is 0.483. The van der Waals surface area contributed by atoms with Crippen LogP contribution in [-0.4, -0.2) is 47.9 Å². The molecule has 1 aromatic heterocycles. The van der Waals surface area contributed by atoms with Gasteiger partial charge in [-0.25, -0.2) is 0 Å². The second-order valence-electron chi connectivity index (χ2n) is 5.56. The highest BCUT2D eigenvalue weighted by molar-refractivity contribution is 4.83. The molecule has 1 saturated heterocycles. The van der Waals surface area contributed by atoms with Gasteiger partial charge >= 0.3 is 0 Å². The van der Waals surface area contributed by atoms with Gasteiger partial charge in [0.2, 0.25) is 0 Å². The van der Waals surface area contributed by atoms with Gasteiger partial charge in [-0.05, 0) is 44.5 Å². The molecule has 0 saturated carbocycles. The molecule has 1 aromatic rings. The summed E-state index contributed by atoms with van der Waals surface area (Å²) < 4.78 is 1.98. The number of hydrogen-bond donors (Lipinski definition) is 1. The number of aromatic nitrogens is 2. The number of rotatable bonds is 5. The van der Waals surface area contributed by atoms with Crippen LogP contribution in [0.25, 0.3) is 0 Å². The highest BCUT2D eigenvalue weighted by atomic mass is 15.3. The predicted molar refractivity (Wildman–Crippen MR) is 69.9 cm³/mol. The number of nitrogens with zero attached hydrogens (tertiary/aromatic N) is 3. The van der Waals surface area contributed by atoms with Gasteiger partial charge in [0, 0.05) is 25.5 Å². The smallest absolute Gasteiger partial charge is 0.0533 e. The fourth-order valence-corrected chi connectivity index (χ4v) is 2.35. The first-order chi connectivity index (χ1) is 8.18. The minimum absolute atomic E-state index is 0.483. The van der Waals surface area contributed by atoms with Crippen LogP contribution in [0.3, 0.4) is 0 Å². The third-order valence-electron chi connectivity index (χ3n) is 3.82. The molecule has 17 heavy (non-hydrogen) atoms. The van der Waals surface area contributed by atoms with Gasteiger partial charge in [0.25, 0.3) is 0 Å². The second-order valence-corrected chi connectivity index (χ2v) is 5.56. The average Bonchev–Trinajstić information content (AvgIpc) is 2.82. The molecule has 0 aromatic carbocycles. The van der Waals surface area contributed by atoms with Crippen molar-refractivity contribution in [1.29, 1.82) is 0 Å². The Morgan fingerprint density at radius 3 is 2.76 bits per heavy atom. The predicted octanol–water partition coefficient (Wildman–Crippen LogP) is 1.20. The highest BCUT2D eigenvalue weighted by Gasteiger charge is 2.27. The van der Waals surface area contributed by atoms with Crippen molar-refractivity contribution in [2.45, 2.75) is 26.3 Å². The van der Waals surface area contributed by atoms with Crippen molar-refractivity contribution in [3.63, 3.8) is 0 Å². The van der Waals surface area contributed by atoms with E-state index in [0.717, 1.165) is 19.6 Å². The van der Waals surface area contributed by atoms with E-state index >= 15 is 0 Å². The molecule has 2 heterocycles. The number of nitrogens with one attached hydrogen (secondary N) is 1. The summed E-state index contributed by atoms with van der Waals surface area (Å²) in [5.74, 6) is 0. The molecule has 2 rings (SSSR count). The summed E-state index contributed by atoms with van der Waals surface area (Å²) in [6.07, 6.45) is 6.45. The minimum Gasteiger partial charge on any atom is -0.314 e. The Morgan fingerprint density at radius 2 is 2.12 bits per heavy atom. The van der Waals surface area contributed by atoms with Crippen LogP contribution in [0.15, 0.2) is 18.5 Å². The van der Waals surface area contributed by atoms with E-state index in [4.69, 9.17) is 0 Å². The fourth-order valence-electron chi connectivity index (χ4n) is 2.35. The van der Waals surface area contributed by atoms with Gasteiger partial charge in [0.05, 0.1) is 6.54 Å². The molecule has 0 spiro atoms. The normalized spacial score (nSPS) is 20.6. The molecule has 0 aliphatic carbocycles. The first-order valence-corrected chi connectivity index (χ1v) is 6.55. The van der Waals surface area contributed by atoms with Crippen molar-refractivity contribution in [1.82, 2.24) is 20.0 Å². The second kappa shape index (κ2) is 5.65. The van der Waals surface area contributed by atoms with Crippen molar-refractivity contribution in [2.75, 3.05) is 33.2 Å². The Hall–Kier alpha value is -0.870. The lowest BCUT2D eigenvalue weighted by molar-refractivity contribution is 0.137. The lowest BCUT2D eigenvalue weighted by Gasteiger charge is -2.38. The third-order valence-corrected chi connectivity index (χ3v) is 3.82. The molecule has 1 aliphatic heterocycles. The van der Waals surface area contributed by atoms with Crippen LogP contribution in [-0.2, 0) is 6.54 Å². The first-order valence-electron chi connectivity index (χ1n) is 6.55. The van der Waals surface area contributed by atoms with E-state index in [-0.39, 0.29) is 0 Å². The van der Waals surface area contributed by atoms with Gasteiger partial charge in [-0.3, -0.25) is 4.68 Å². The van der Waals surface area contributed by atoms with Gasteiger partial charge < -0.3 is 10.2 Å². The Balaban J connectivity index is 1.64. The Bertz CT molecular complexity index is 312. The van der Waals surface area contributed by atoms with Crippen molar-refractivity contribution in [3.8, 4) is 0 Å². The van der Waals surface area contributed by atoms with E-state index in [0.29, 0.717) is 5.41 Å². The van der Waals surface area contributed by atoms with Gasteiger partial charge in [0.1, 0.15) is 0 Å². The molecule has 0 amide bonds. The third kappa shape index (κ3) is 3.82. The van der Waals surface area contributed by atoms with E-state index in [1.54, 1.807) is 0 Å². The van der Waals surface area contributed by atoms with Gasteiger partial charge in [-0.2, -0.15) is 5.10 Å². The largest absolute Gasteiger partial charge is 0.314 e. The van der Waals surface area contributed by atoms with Crippen LogP contribution in [0.5, 0.6) is 0 Å². The van der Waals surface area contributed by atoms with Crippen molar-refractivity contribution in [2.24, 2.45) is 5.41 Å². The lowest BCUT2D eigenvalue weighted by atomic mass is 9.80. The van der Waals surface area contributed by atoms with E-state index in [1.807, 2.05) is 23.1 Å². The molecule has 4 nitrogen and oxygen atoms in total. The molecule has 0 bridgehead atoms. The number of piperidine rings is 1. The summed E-state index contributed by atoms with van der Waals surface area (Å²) in [6, 6.07) is 1.97. The van der Waals surface area contributed by atoms with E-state index < -0.39 is 0 Å². The molecule has 1 aliphatic rings. The summed E-state index contributed by atoms with van der Waals surface area (Å²) in [7, 11) is 2.21. The molecule has 0 unspecified atom stereocenters. The average molecular weight is 236 g/mol. The van der Waals surface area contributed by atoms with Crippen LogP contribution in [0.4, 0.5) is 0 Å². The summed E-state index contributed by atoms with van der Waals surface area (Å²) in [6.45, 7) is 7.97.